The van der Waals surface area contributed by atoms with Crippen molar-refractivity contribution in [1.82, 2.24) is 0 Å². The van der Waals surface area contributed by atoms with Crippen molar-refractivity contribution >= 4 is 23.0 Å². The van der Waals surface area contributed by atoms with Crippen LogP contribution in [0.5, 0.6) is 0 Å². The molecule has 0 atom stereocenters. The van der Waals surface area contributed by atoms with Crippen molar-refractivity contribution in [2.24, 2.45) is 20.0 Å². The summed E-state index contributed by atoms with van der Waals surface area (Å²) in [7, 11) is 0. The second kappa shape index (κ2) is 7.13. The van der Waals surface area contributed by atoms with E-state index in [-0.39, 0.29) is 11.6 Å². The molecule has 0 amide bonds. The Kier molecular flexibility index (Phi) is 4.11. The lowest BCUT2D eigenvalue weighted by Gasteiger charge is -1.98. The molecule has 0 spiro atoms. The van der Waals surface area contributed by atoms with Gasteiger partial charge in [-0.1, -0.05) is 36.4 Å². The van der Waals surface area contributed by atoms with Crippen LogP contribution < -0.4 is 10.7 Å². The molecule has 2 aliphatic rings. The number of fused-ring (bicyclic) bond motifs is 2. The highest BCUT2D eigenvalue weighted by atomic mass is 19.1. The molecule has 6 heteroatoms. The smallest absolute Gasteiger partial charge is 0.163 e. The molecule has 0 bridgehead atoms. The second-order valence-electron chi connectivity index (χ2n) is 7.46. The molecule has 0 unspecified atom stereocenters. The molecule has 0 saturated heterocycles. The molecule has 4 aromatic carbocycles. The van der Waals surface area contributed by atoms with E-state index in [0.717, 1.165) is 10.4 Å². The highest BCUT2D eigenvalue weighted by molar-refractivity contribution is 6.03. The summed E-state index contributed by atoms with van der Waals surface area (Å²) in [6.45, 7) is 0. The van der Waals surface area contributed by atoms with Crippen LogP contribution in [-0.4, -0.2) is 11.7 Å². The number of benzene rings is 4. The Morgan fingerprint density at radius 1 is 0.469 bits per heavy atom. The largest absolute Gasteiger partial charge is 0.226 e. The average molecular weight is 420 g/mol. The van der Waals surface area contributed by atoms with E-state index < -0.39 is 0 Å². The van der Waals surface area contributed by atoms with Gasteiger partial charge in [0.15, 0.2) is 11.7 Å². The third-order valence-electron chi connectivity index (χ3n) is 5.42. The highest BCUT2D eigenvalue weighted by Crippen LogP contribution is 2.20. The van der Waals surface area contributed by atoms with Gasteiger partial charge < -0.3 is 0 Å². The lowest BCUT2D eigenvalue weighted by atomic mass is 10.2. The van der Waals surface area contributed by atoms with E-state index in [1.54, 1.807) is 36.4 Å². The number of hydrogen-bond donors (Lipinski definition) is 0. The molecule has 4 aromatic rings. The summed E-state index contributed by atoms with van der Waals surface area (Å²) in [4.78, 5) is 18.0. The lowest BCUT2D eigenvalue weighted by Crippen LogP contribution is -2.02. The van der Waals surface area contributed by atoms with E-state index in [9.17, 15) is 8.78 Å². The Balaban J connectivity index is 1.45. The van der Waals surface area contributed by atoms with Gasteiger partial charge in [-0.25, -0.2) is 28.8 Å². The first-order valence-electron chi connectivity index (χ1n) is 10.0. The zero-order valence-corrected chi connectivity index (χ0v) is 16.6. The van der Waals surface area contributed by atoms with Crippen molar-refractivity contribution in [2.75, 3.05) is 0 Å². The van der Waals surface area contributed by atoms with Gasteiger partial charge in [0.1, 0.15) is 11.6 Å². The van der Waals surface area contributed by atoms with Crippen molar-refractivity contribution < 1.29 is 8.78 Å². The highest BCUT2D eigenvalue weighted by Gasteiger charge is 2.15. The van der Waals surface area contributed by atoms with Crippen molar-refractivity contribution in [3.63, 3.8) is 0 Å². The zero-order valence-electron chi connectivity index (χ0n) is 16.6. The fourth-order valence-electron chi connectivity index (χ4n) is 3.81. The molecule has 0 aromatic heterocycles. The third kappa shape index (κ3) is 3.04. The van der Waals surface area contributed by atoms with Crippen molar-refractivity contribution in [3.8, 4) is 0 Å². The Morgan fingerprint density at radius 3 is 1.34 bits per heavy atom. The van der Waals surface area contributed by atoms with E-state index in [0.29, 0.717) is 44.9 Å². The minimum absolute atomic E-state index is 0.353. The molecule has 0 aliphatic carbocycles. The number of hydrogen-bond acceptors (Lipinski definition) is 4. The Morgan fingerprint density at radius 2 is 0.906 bits per heavy atom. The van der Waals surface area contributed by atoms with Gasteiger partial charge in [0.25, 0.3) is 0 Å². The van der Waals surface area contributed by atoms with Gasteiger partial charge in [0, 0.05) is 0 Å². The molecular weight excluding hydrogens is 406 g/mol. The summed E-state index contributed by atoms with van der Waals surface area (Å²) in [6.07, 6.45) is 0. The molecule has 0 radical (unpaired) electrons. The monoisotopic (exact) mass is 420 g/mol. The van der Waals surface area contributed by atoms with Crippen LogP contribution in [0.1, 0.15) is 11.1 Å². The van der Waals surface area contributed by atoms with Crippen molar-refractivity contribution in [2.45, 2.75) is 0 Å². The molecular formula is C26H14F2N4. The van der Waals surface area contributed by atoms with Crippen LogP contribution in [0.15, 0.2) is 105 Å². The molecule has 32 heavy (non-hydrogen) atoms. The molecule has 2 heterocycles. The fraction of sp³-hybridized carbons (Fsp3) is 0. The topological polar surface area (TPSA) is 49.4 Å². The Bertz CT molecular complexity index is 1580. The summed E-state index contributed by atoms with van der Waals surface area (Å²) in [6, 6.07) is 24.4. The predicted octanol–water partition coefficient (Wildman–Crippen LogP) is 4.67. The zero-order chi connectivity index (χ0) is 21.7. The SMILES string of the molecule is Fc1ccccc1C1=Nc2cc(=c3ccc4c(c3)N=C(c3ccccc3F)N=4)ccc2=N1. The van der Waals surface area contributed by atoms with Gasteiger partial charge in [0.2, 0.25) is 0 Å². The Hall–Kier alpha value is -4.32. The maximum Gasteiger partial charge on any atom is 0.163 e. The van der Waals surface area contributed by atoms with Crippen LogP contribution in [0.3, 0.4) is 0 Å². The third-order valence-corrected chi connectivity index (χ3v) is 5.42. The van der Waals surface area contributed by atoms with Gasteiger partial charge in [-0.3, -0.25) is 0 Å². The molecule has 0 saturated carbocycles. The first kappa shape index (κ1) is 18.4. The van der Waals surface area contributed by atoms with Gasteiger partial charge in [-0.2, -0.15) is 0 Å². The maximum atomic E-state index is 14.1. The van der Waals surface area contributed by atoms with Gasteiger partial charge in [0.05, 0.1) is 33.2 Å². The van der Waals surface area contributed by atoms with Crippen LogP contribution in [0.2, 0.25) is 0 Å². The molecule has 0 fully saturated rings. The van der Waals surface area contributed by atoms with Gasteiger partial charge in [-0.05, 0) is 59.0 Å². The number of amidine groups is 2. The standard InChI is InChI=1S/C26H14F2N4/c27-19-7-3-1-5-17(19)25-29-21-11-9-15(13-23(21)31-25)16-10-12-22-24(14-16)32-26(30-22)18-6-2-4-8-20(18)28/h1-14H. The molecule has 4 nitrogen and oxygen atoms in total. The average Bonchev–Trinajstić information content (AvgIpc) is 3.42. The fourth-order valence-corrected chi connectivity index (χ4v) is 3.81. The number of nitrogens with zero attached hydrogens (tertiary/aromatic N) is 4. The molecule has 152 valence electrons. The first-order chi connectivity index (χ1) is 15.7. The summed E-state index contributed by atoms with van der Waals surface area (Å²) in [5.41, 5.74) is 2.11. The summed E-state index contributed by atoms with van der Waals surface area (Å²) in [5.74, 6) is 0.0205. The normalized spacial score (nSPS) is 14.7. The molecule has 0 N–H and O–H groups in total. The lowest BCUT2D eigenvalue weighted by molar-refractivity contribution is 0.624. The number of halogens is 2. The van der Waals surface area contributed by atoms with Gasteiger partial charge in [-0.15, -0.1) is 0 Å². The van der Waals surface area contributed by atoms with Crippen LogP contribution in [0, 0.1) is 22.1 Å². The summed E-state index contributed by atoms with van der Waals surface area (Å²) in [5, 5.41) is 3.25. The van der Waals surface area contributed by atoms with Crippen LogP contribution in [0.25, 0.3) is 0 Å². The van der Waals surface area contributed by atoms with E-state index in [1.165, 1.54) is 12.1 Å². The summed E-state index contributed by atoms with van der Waals surface area (Å²) < 4.78 is 28.3. The number of rotatable bonds is 2. The quantitative estimate of drug-likeness (QED) is 0.452. The van der Waals surface area contributed by atoms with Crippen molar-refractivity contribution in [3.05, 3.63) is 129 Å². The van der Waals surface area contributed by atoms with E-state index in [2.05, 4.69) is 20.0 Å². The summed E-state index contributed by atoms with van der Waals surface area (Å²) >= 11 is 0. The predicted molar refractivity (Wildman–Crippen MR) is 118 cm³/mol. The van der Waals surface area contributed by atoms with E-state index in [1.807, 2.05) is 36.4 Å². The number of aliphatic imine (C=N–C) groups is 2. The van der Waals surface area contributed by atoms with E-state index >= 15 is 0 Å². The maximum absolute atomic E-state index is 14.1. The first-order valence-corrected chi connectivity index (χ1v) is 10.0. The minimum Gasteiger partial charge on any atom is -0.226 e. The molecule has 6 rings (SSSR count). The van der Waals surface area contributed by atoms with Crippen LogP contribution in [-0.2, 0) is 0 Å². The second-order valence-corrected chi connectivity index (χ2v) is 7.46. The Labute approximate surface area is 181 Å². The minimum atomic E-state index is -0.353. The molecule has 2 aliphatic heterocycles. The van der Waals surface area contributed by atoms with Crippen LogP contribution in [0.4, 0.5) is 20.2 Å². The van der Waals surface area contributed by atoms with Gasteiger partial charge >= 0.3 is 0 Å². The van der Waals surface area contributed by atoms with E-state index in [4.69, 9.17) is 0 Å². The van der Waals surface area contributed by atoms with Crippen LogP contribution >= 0.6 is 0 Å². The van der Waals surface area contributed by atoms with Crippen molar-refractivity contribution in [1.29, 1.82) is 0 Å².